The summed E-state index contributed by atoms with van der Waals surface area (Å²) in [5.41, 5.74) is -0.0470. The number of hydrogen-bond donors (Lipinski definition) is 1. The fourth-order valence-electron chi connectivity index (χ4n) is 1.90. The van der Waals surface area contributed by atoms with Crippen LogP contribution in [0.25, 0.3) is 0 Å². The Bertz CT molecular complexity index is 436. The predicted molar refractivity (Wildman–Crippen MR) is 69.7 cm³/mol. The summed E-state index contributed by atoms with van der Waals surface area (Å²) in [5.74, 6) is 1.06. The molecule has 0 spiro atoms. The van der Waals surface area contributed by atoms with Gasteiger partial charge in [0.05, 0.1) is 16.0 Å². The number of nitro groups is 1. The quantitative estimate of drug-likeness (QED) is 0.665. The van der Waals surface area contributed by atoms with Crippen LogP contribution in [0.2, 0.25) is 0 Å². The molecule has 2 heterocycles. The van der Waals surface area contributed by atoms with Crippen molar-refractivity contribution in [3.63, 3.8) is 0 Å². The lowest BCUT2D eigenvalue weighted by molar-refractivity contribution is -0.385. The number of hydrogen-bond acceptors (Lipinski definition) is 5. The third kappa shape index (κ3) is 3.39. The summed E-state index contributed by atoms with van der Waals surface area (Å²) in [7, 11) is 0. The number of aromatic nitrogens is 1. The fourth-order valence-corrected chi connectivity index (χ4v) is 2.36. The highest BCUT2D eigenvalue weighted by Gasteiger charge is 2.15. The molecule has 1 saturated heterocycles. The Labute approximate surface area is 113 Å². The number of nitrogens with zero attached hydrogens (tertiary/aromatic N) is 2. The van der Waals surface area contributed by atoms with Crippen molar-refractivity contribution in [2.75, 3.05) is 19.7 Å². The van der Waals surface area contributed by atoms with Crippen LogP contribution in [0.5, 0.6) is 5.88 Å². The minimum atomic E-state index is -0.480. The van der Waals surface area contributed by atoms with Crippen molar-refractivity contribution in [2.45, 2.75) is 12.8 Å². The van der Waals surface area contributed by atoms with E-state index in [4.69, 9.17) is 4.74 Å². The lowest BCUT2D eigenvalue weighted by Gasteiger charge is -2.10. The van der Waals surface area contributed by atoms with Crippen LogP contribution in [0, 0.1) is 16.0 Å². The molecule has 1 fully saturated rings. The minimum absolute atomic E-state index is 0.0470. The summed E-state index contributed by atoms with van der Waals surface area (Å²) in [5, 5.41) is 13.8. The second-order valence-corrected chi connectivity index (χ2v) is 5.09. The van der Waals surface area contributed by atoms with Gasteiger partial charge in [-0.1, -0.05) is 0 Å². The van der Waals surface area contributed by atoms with Gasteiger partial charge in [-0.3, -0.25) is 10.1 Å². The first kappa shape index (κ1) is 13.2. The van der Waals surface area contributed by atoms with Gasteiger partial charge in [-0.15, -0.1) is 0 Å². The number of halogens is 1. The number of rotatable bonds is 5. The van der Waals surface area contributed by atoms with Crippen molar-refractivity contribution in [1.82, 2.24) is 10.3 Å². The first-order chi connectivity index (χ1) is 8.66. The summed E-state index contributed by atoms with van der Waals surface area (Å²) < 4.78 is 6.04. The van der Waals surface area contributed by atoms with E-state index >= 15 is 0 Å². The highest BCUT2D eigenvalue weighted by atomic mass is 79.9. The molecule has 1 atom stereocenters. The summed E-state index contributed by atoms with van der Waals surface area (Å²) in [6, 6.07) is 1.40. The topological polar surface area (TPSA) is 77.3 Å². The van der Waals surface area contributed by atoms with Crippen LogP contribution in [-0.4, -0.2) is 29.6 Å². The van der Waals surface area contributed by atoms with Gasteiger partial charge in [0.25, 0.3) is 5.69 Å². The Morgan fingerprint density at radius 1 is 1.67 bits per heavy atom. The SMILES string of the molecule is O=[N+]([O-])c1cnc(OCCC2CCNC2)c(Br)c1. The summed E-state index contributed by atoms with van der Waals surface area (Å²) in [4.78, 5) is 14.0. The van der Waals surface area contributed by atoms with E-state index in [1.807, 2.05) is 0 Å². The lowest BCUT2D eigenvalue weighted by atomic mass is 10.1. The number of ether oxygens (including phenoxy) is 1. The molecule has 0 aliphatic carbocycles. The highest BCUT2D eigenvalue weighted by molar-refractivity contribution is 9.10. The van der Waals surface area contributed by atoms with E-state index in [0.717, 1.165) is 19.5 Å². The molecule has 1 aromatic rings. The molecule has 6 nitrogen and oxygen atoms in total. The molecule has 98 valence electrons. The van der Waals surface area contributed by atoms with Crippen molar-refractivity contribution in [3.8, 4) is 5.88 Å². The van der Waals surface area contributed by atoms with Gasteiger partial charge in [-0.2, -0.15) is 0 Å². The van der Waals surface area contributed by atoms with Crippen LogP contribution in [0.1, 0.15) is 12.8 Å². The molecule has 1 aromatic heterocycles. The molecular formula is C11H14BrN3O3. The predicted octanol–water partition coefficient (Wildman–Crippen LogP) is 2.13. The van der Waals surface area contributed by atoms with Gasteiger partial charge in [-0.25, -0.2) is 4.98 Å². The van der Waals surface area contributed by atoms with Crippen molar-refractivity contribution in [1.29, 1.82) is 0 Å². The monoisotopic (exact) mass is 315 g/mol. The maximum Gasteiger partial charge on any atom is 0.288 e. The van der Waals surface area contributed by atoms with Crippen LogP contribution in [0.3, 0.4) is 0 Å². The maximum atomic E-state index is 10.5. The Balaban J connectivity index is 1.87. The maximum absolute atomic E-state index is 10.5. The van der Waals surface area contributed by atoms with E-state index in [0.29, 0.717) is 22.9 Å². The van der Waals surface area contributed by atoms with Gasteiger partial charge in [-0.05, 0) is 47.8 Å². The van der Waals surface area contributed by atoms with Crippen LogP contribution in [0.4, 0.5) is 5.69 Å². The molecule has 0 saturated carbocycles. The normalized spacial score (nSPS) is 18.8. The van der Waals surface area contributed by atoms with Gasteiger partial charge >= 0.3 is 0 Å². The number of nitrogens with one attached hydrogen (secondary N) is 1. The summed E-state index contributed by atoms with van der Waals surface area (Å²) in [6.07, 6.45) is 3.35. The zero-order valence-corrected chi connectivity index (χ0v) is 11.4. The summed E-state index contributed by atoms with van der Waals surface area (Å²) in [6.45, 7) is 2.69. The van der Waals surface area contributed by atoms with E-state index in [9.17, 15) is 10.1 Å². The Kier molecular flexibility index (Phi) is 4.48. The van der Waals surface area contributed by atoms with Crippen molar-refractivity contribution >= 4 is 21.6 Å². The second-order valence-electron chi connectivity index (χ2n) is 4.23. The van der Waals surface area contributed by atoms with Crippen LogP contribution < -0.4 is 10.1 Å². The minimum Gasteiger partial charge on any atom is -0.477 e. The van der Waals surface area contributed by atoms with Gasteiger partial charge in [0.1, 0.15) is 6.20 Å². The van der Waals surface area contributed by atoms with Crippen LogP contribution in [0.15, 0.2) is 16.7 Å². The molecule has 1 aliphatic rings. The molecule has 0 radical (unpaired) electrons. The fraction of sp³-hybridized carbons (Fsp3) is 0.545. The van der Waals surface area contributed by atoms with Crippen molar-refractivity contribution in [2.24, 2.45) is 5.92 Å². The third-order valence-electron chi connectivity index (χ3n) is 2.93. The molecule has 0 aromatic carbocycles. The molecule has 0 bridgehead atoms. The molecule has 1 aliphatic heterocycles. The van der Waals surface area contributed by atoms with Crippen molar-refractivity contribution < 1.29 is 9.66 Å². The molecule has 7 heteroatoms. The first-order valence-electron chi connectivity index (χ1n) is 5.80. The van der Waals surface area contributed by atoms with E-state index in [2.05, 4.69) is 26.2 Å². The average Bonchev–Trinajstić information content (AvgIpc) is 2.84. The highest BCUT2D eigenvalue weighted by Crippen LogP contribution is 2.26. The van der Waals surface area contributed by atoms with E-state index < -0.39 is 4.92 Å². The van der Waals surface area contributed by atoms with Gasteiger partial charge in [0.15, 0.2) is 0 Å². The molecular weight excluding hydrogens is 302 g/mol. The third-order valence-corrected chi connectivity index (χ3v) is 3.50. The molecule has 18 heavy (non-hydrogen) atoms. The van der Waals surface area contributed by atoms with E-state index in [-0.39, 0.29) is 5.69 Å². The standard InChI is InChI=1S/C11H14BrN3O3/c12-10-5-9(15(16)17)7-14-11(10)18-4-2-8-1-3-13-6-8/h5,7-8,13H,1-4,6H2. The van der Waals surface area contributed by atoms with Crippen LogP contribution in [-0.2, 0) is 0 Å². The van der Waals surface area contributed by atoms with E-state index in [1.165, 1.54) is 18.7 Å². The van der Waals surface area contributed by atoms with Gasteiger partial charge in [0.2, 0.25) is 5.88 Å². The van der Waals surface area contributed by atoms with Crippen molar-refractivity contribution in [3.05, 3.63) is 26.9 Å². The van der Waals surface area contributed by atoms with Gasteiger partial charge < -0.3 is 10.1 Å². The average molecular weight is 316 g/mol. The summed E-state index contributed by atoms with van der Waals surface area (Å²) >= 11 is 3.22. The molecule has 1 N–H and O–H groups in total. The zero-order chi connectivity index (χ0) is 13.0. The number of pyridine rings is 1. The zero-order valence-electron chi connectivity index (χ0n) is 9.76. The largest absolute Gasteiger partial charge is 0.477 e. The molecule has 2 rings (SSSR count). The second kappa shape index (κ2) is 6.10. The smallest absolute Gasteiger partial charge is 0.288 e. The molecule has 1 unspecified atom stereocenters. The van der Waals surface area contributed by atoms with Crippen LogP contribution >= 0.6 is 15.9 Å². The lowest BCUT2D eigenvalue weighted by Crippen LogP contribution is -2.12. The first-order valence-corrected chi connectivity index (χ1v) is 6.59. The Hall–Kier alpha value is -1.21. The van der Waals surface area contributed by atoms with E-state index in [1.54, 1.807) is 0 Å². The van der Waals surface area contributed by atoms with Gasteiger partial charge in [0, 0.05) is 6.07 Å². The Morgan fingerprint density at radius 2 is 2.50 bits per heavy atom. The molecule has 0 amide bonds. The Morgan fingerprint density at radius 3 is 3.11 bits per heavy atom.